The van der Waals surface area contributed by atoms with Crippen molar-refractivity contribution in [2.45, 2.75) is 6.92 Å². The highest BCUT2D eigenvalue weighted by Gasteiger charge is 2.18. The minimum Gasteiger partial charge on any atom is -0.496 e. The van der Waals surface area contributed by atoms with E-state index in [9.17, 15) is 4.39 Å². The largest absolute Gasteiger partial charge is 0.496 e. The lowest BCUT2D eigenvalue weighted by atomic mass is 10.1. The van der Waals surface area contributed by atoms with Gasteiger partial charge in [0.05, 0.1) is 23.7 Å². The van der Waals surface area contributed by atoms with Gasteiger partial charge in [-0.05, 0) is 67.1 Å². The minimum atomic E-state index is -0.268. The highest BCUT2D eigenvalue weighted by atomic mass is 79.9. The van der Waals surface area contributed by atoms with E-state index in [1.807, 2.05) is 47.9 Å². The van der Waals surface area contributed by atoms with Crippen LogP contribution in [-0.2, 0) is 0 Å². The molecule has 0 fully saturated rings. The number of rotatable bonds is 3. The van der Waals surface area contributed by atoms with Gasteiger partial charge in [0.1, 0.15) is 17.4 Å². The smallest absolute Gasteiger partial charge is 0.149 e. The highest BCUT2D eigenvalue weighted by Crippen LogP contribution is 2.35. The van der Waals surface area contributed by atoms with Gasteiger partial charge in [-0.15, -0.1) is 0 Å². The lowest BCUT2D eigenvalue weighted by Crippen LogP contribution is -1.99. The first kappa shape index (κ1) is 16.8. The molecule has 0 spiro atoms. The maximum Gasteiger partial charge on any atom is 0.149 e. The number of fused-ring (bicyclic) bond motifs is 1. The van der Waals surface area contributed by atoms with Crippen molar-refractivity contribution >= 4 is 27.0 Å². The van der Waals surface area contributed by atoms with Gasteiger partial charge in [-0.2, -0.15) is 0 Å². The average molecular weight is 411 g/mol. The molecule has 130 valence electrons. The Kier molecular flexibility index (Phi) is 4.24. The second kappa shape index (κ2) is 6.57. The van der Waals surface area contributed by atoms with Crippen molar-refractivity contribution in [3.63, 3.8) is 0 Å². The molecule has 0 amide bonds. The van der Waals surface area contributed by atoms with Crippen LogP contribution in [0, 0.1) is 12.7 Å². The van der Waals surface area contributed by atoms with Crippen LogP contribution in [0.3, 0.4) is 0 Å². The monoisotopic (exact) mass is 410 g/mol. The normalized spacial score (nSPS) is 11.1. The summed E-state index contributed by atoms with van der Waals surface area (Å²) in [5, 5.41) is 0. The van der Waals surface area contributed by atoms with Crippen molar-refractivity contribution in [2.75, 3.05) is 7.11 Å². The molecule has 0 N–H and O–H groups in total. The number of hydrogen-bond acceptors (Lipinski definition) is 2. The van der Waals surface area contributed by atoms with Crippen molar-refractivity contribution in [1.29, 1.82) is 0 Å². The fourth-order valence-electron chi connectivity index (χ4n) is 3.07. The molecule has 26 heavy (non-hydrogen) atoms. The molecule has 1 aromatic heterocycles. The van der Waals surface area contributed by atoms with Crippen LogP contribution in [0.2, 0.25) is 0 Å². The second-order valence-electron chi connectivity index (χ2n) is 6.08. The Morgan fingerprint density at radius 1 is 1.00 bits per heavy atom. The fourth-order valence-corrected chi connectivity index (χ4v) is 3.42. The fraction of sp³-hybridized carbons (Fsp3) is 0.0952. The summed E-state index contributed by atoms with van der Waals surface area (Å²) >= 11 is 3.50. The minimum absolute atomic E-state index is 0.268. The second-order valence-corrected chi connectivity index (χ2v) is 7.00. The molecular formula is C21H16BrFN2O. The molecule has 4 rings (SSSR count). The number of aryl methyl sites for hydroxylation is 1. The highest BCUT2D eigenvalue weighted by molar-refractivity contribution is 9.10. The predicted octanol–water partition coefficient (Wildman–Crippen LogP) is 5.91. The van der Waals surface area contributed by atoms with E-state index in [0.717, 1.165) is 43.9 Å². The van der Waals surface area contributed by atoms with E-state index in [4.69, 9.17) is 9.72 Å². The van der Waals surface area contributed by atoms with Gasteiger partial charge in [0.25, 0.3) is 0 Å². The molecule has 3 aromatic carbocycles. The Morgan fingerprint density at radius 3 is 2.50 bits per heavy atom. The Morgan fingerprint density at radius 2 is 1.77 bits per heavy atom. The number of hydrogen-bond donors (Lipinski definition) is 0. The molecule has 3 nitrogen and oxygen atoms in total. The zero-order valence-electron chi connectivity index (χ0n) is 14.3. The molecule has 0 unspecified atom stereocenters. The van der Waals surface area contributed by atoms with Crippen molar-refractivity contribution in [3.05, 3.63) is 76.5 Å². The molecule has 0 saturated heterocycles. The van der Waals surface area contributed by atoms with Crippen LogP contribution in [0.5, 0.6) is 5.75 Å². The van der Waals surface area contributed by atoms with E-state index in [2.05, 4.69) is 15.9 Å². The maximum absolute atomic E-state index is 13.4. The summed E-state index contributed by atoms with van der Waals surface area (Å²) in [6, 6.07) is 18.4. The third-order valence-electron chi connectivity index (χ3n) is 4.30. The number of nitrogens with zero attached hydrogens (tertiary/aromatic N) is 2. The molecule has 4 aromatic rings. The van der Waals surface area contributed by atoms with Crippen molar-refractivity contribution in [1.82, 2.24) is 9.55 Å². The molecule has 0 radical (unpaired) electrons. The predicted molar refractivity (Wildman–Crippen MR) is 105 cm³/mol. The van der Waals surface area contributed by atoms with Crippen LogP contribution in [0.25, 0.3) is 28.1 Å². The molecule has 0 saturated carbocycles. The van der Waals surface area contributed by atoms with Crippen molar-refractivity contribution in [3.8, 4) is 22.8 Å². The van der Waals surface area contributed by atoms with Gasteiger partial charge < -0.3 is 4.74 Å². The van der Waals surface area contributed by atoms with Crippen LogP contribution >= 0.6 is 15.9 Å². The Labute approximate surface area is 159 Å². The number of ether oxygens (including phenoxy) is 1. The van der Waals surface area contributed by atoms with Gasteiger partial charge in [-0.1, -0.05) is 22.0 Å². The standard InChI is InChI=1S/C21H16BrFN2O/c1-13-3-9-17(20(11-13)26-2)21-24-18-12-14(22)4-10-19(18)25(21)16-7-5-15(23)6-8-16/h3-12H,1-2H3. The molecular weight excluding hydrogens is 395 g/mol. The lowest BCUT2D eigenvalue weighted by Gasteiger charge is -2.13. The summed E-state index contributed by atoms with van der Waals surface area (Å²) < 4.78 is 22.0. The lowest BCUT2D eigenvalue weighted by molar-refractivity contribution is 0.416. The van der Waals surface area contributed by atoms with Crippen LogP contribution in [0.15, 0.2) is 65.1 Å². The molecule has 5 heteroatoms. The van der Waals surface area contributed by atoms with Gasteiger partial charge in [0.15, 0.2) is 0 Å². The van der Waals surface area contributed by atoms with E-state index in [0.29, 0.717) is 0 Å². The third kappa shape index (κ3) is 2.88. The summed E-state index contributed by atoms with van der Waals surface area (Å²) in [7, 11) is 1.65. The van der Waals surface area contributed by atoms with Crippen LogP contribution in [0.1, 0.15) is 5.56 Å². The number of halogens is 2. The Balaban J connectivity index is 2.06. The molecule has 0 bridgehead atoms. The first-order chi connectivity index (χ1) is 12.6. The van der Waals surface area contributed by atoms with Gasteiger partial charge in [-0.3, -0.25) is 4.57 Å². The van der Waals surface area contributed by atoms with Crippen LogP contribution < -0.4 is 4.74 Å². The van der Waals surface area contributed by atoms with E-state index < -0.39 is 0 Å². The first-order valence-electron chi connectivity index (χ1n) is 8.16. The maximum atomic E-state index is 13.4. The number of methoxy groups -OCH3 is 1. The average Bonchev–Trinajstić information content (AvgIpc) is 3.00. The van der Waals surface area contributed by atoms with E-state index in [1.54, 1.807) is 19.2 Å². The summed E-state index contributed by atoms with van der Waals surface area (Å²) in [6.07, 6.45) is 0. The quantitative estimate of drug-likeness (QED) is 0.419. The molecule has 0 atom stereocenters. The summed E-state index contributed by atoms with van der Waals surface area (Å²) in [5.41, 5.74) is 4.63. The third-order valence-corrected chi connectivity index (χ3v) is 4.79. The van der Waals surface area contributed by atoms with Gasteiger partial charge in [0, 0.05) is 10.2 Å². The Hall–Kier alpha value is -2.66. The van der Waals surface area contributed by atoms with Gasteiger partial charge in [-0.25, -0.2) is 9.37 Å². The SMILES string of the molecule is COc1cc(C)ccc1-c1nc2cc(Br)ccc2n1-c1ccc(F)cc1. The number of benzene rings is 3. The van der Waals surface area contributed by atoms with Crippen molar-refractivity contribution < 1.29 is 9.13 Å². The summed E-state index contributed by atoms with van der Waals surface area (Å²) in [5.74, 6) is 1.24. The molecule has 0 aliphatic heterocycles. The molecule has 1 heterocycles. The molecule has 0 aliphatic rings. The topological polar surface area (TPSA) is 27.1 Å². The van der Waals surface area contributed by atoms with E-state index in [-0.39, 0.29) is 5.82 Å². The van der Waals surface area contributed by atoms with Crippen molar-refractivity contribution in [2.24, 2.45) is 0 Å². The summed E-state index contributed by atoms with van der Waals surface area (Å²) in [6.45, 7) is 2.02. The van der Waals surface area contributed by atoms with Crippen LogP contribution in [-0.4, -0.2) is 16.7 Å². The zero-order valence-corrected chi connectivity index (χ0v) is 15.9. The van der Waals surface area contributed by atoms with Crippen LogP contribution in [0.4, 0.5) is 4.39 Å². The number of aromatic nitrogens is 2. The van der Waals surface area contributed by atoms with Gasteiger partial charge >= 0.3 is 0 Å². The first-order valence-corrected chi connectivity index (χ1v) is 8.95. The van der Waals surface area contributed by atoms with E-state index in [1.165, 1.54) is 12.1 Å². The van der Waals surface area contributed by atoms with E-state index >= 15 is 0 Å². The molecule has 0 aliphatic carbocycles. The number of imidazole rings is 1. The van der Waals surface area contributed by atoms with Gasteiger partial charge in [0.2, 0.25) is 0 Å². The zero-order chi connectivity index (χ0) is 18.3. The Bertz CT molecular complexity index is 1100. The summed E-state index contributed by atoms with van der Waals surface area (Å²) in [4.78, 5) is 4.84.